The van der Waals surface area contributed by atoms with E-state index in [0.29, 0.717) is 26.0 Å². The van der Waals surface area contributed by atoms with Gasteiger partial charge in [0.05, 0.1) is 12.1 Å². The normalized spacial score (nSPS) is 15.7. The number of carbonyl (C=O) groups is 3. The fourth-order valence-electron chi connectivity index (χ4n) is 4.30. The van der Waals surface area contributed by atoms with Crippen molar-refractivity contribution in [1.82, 2.24) is 14.4 Å². The summed E-state index contributed by atoms with van der Waals surface area (Å²) in [6.45, 7) is 3.62. The molecule has 2 aromatic carbocycles. The van der Waals surface area contributed by atoms with E-state index in [4.69, 9.17) is 5.11 Å². The molecule has 0 saturated carbocycles. The monoisotopic (exact) mass is 405 g/mol. The number of aromatic nitrogens is 1. The minimum absolute atomic E-state index is 0.123. The zero-order valence-electron chi connectivity index (χ0n) is 16.9. The molecule has 0 bridgehead atoms. The first-order valence-corrected chi connectivity index (χ1v) is 9.80. The molecule has 1 unspecified atom stereocenters. The first kappa shape index (κ1) is 19.7. The number of urea groups is 1. The number of benzene rings is 2. The molecule has 1 aliphatic rings. The fourth-order valence-corrected chi connectivity index (χ4v) is 4.30. The van der Waals surface area contributed by atoms with Gasteiger partial charge in [0.2, 0.25) is 6.41 Å². The van der Waals surface area contributed by atoms with Crippen LogP contribution in [-0.4, -0.2) is 51.5 Å². The van der Waals surface area contributed by atoms with E-state index in [1.54, 1.807) is 17.0 Å². The van der Waals surface area contributed by atoms with Gasteiger partial charge in [0.15, 0.2) is 0 Å². The molecule has 3 amide bonds. The Kier molecular flexibility index (Phi) is 5.03. The smallest absolute Gasteiger partial charge is 0.335 e. The van der Waals surface area contributed by atoms with Crippen LogP contribution < -0.4 is 0 Å². The standard InChI is InChI=1S/C23H23N3O4/c1-15-11-25(23(30)24(2)14-27)13-20-21(15)18-5-3-4-6-19(18)26(20)12-16-7-9-17(10-8-16)22(28)29/h3-10,14-15H,11-13H2,1-2H3,(H,28,29). The summed E-state index contributed by atoms with van der Waals surface area (Å²) in [6.07, 6.45) is 0.530. The molecule has 0 spiro atoms. The van der Waals surface area contributed by atoms with Gasteiger partial charge in [0, 0.05) is 42.7 Å². The van der Waals surface area contributed by atoms with E-state index in [9.17, 15) is 14.4 Å². The van der Waals surface area contributed by atoms with Crippen LogP contribution in [0.4, 0.5) is 4.79 Å². The lowest BCUT2D eigenvalue weighted by molar-refractivity contribution is -0.115. The van der Waals surface area contributed by atoms with Crippen LogP contribution in [0.1, 0.15) is 40.0 Å². The minimum Gasteiger partial charge on any atom is -0.478 e. The predicted molar refractivity (Wildman–Crippen MR) is 112 cm³/mol. The summed E-state index contributed by atoms with van der Waals surface area (Å²) in [4.78, 5) is 37.6. The molecule has 1 aromatic heterocycles. The van der Waals surface area contributed by atoms with E-state index >= 15 is 0 Å². The van der Waals surface area contributed by atoms with Crippen molar-refractivity contribution in [3.63, 3.8) is 0 Å². The van der Waals surface area contributed by atoms with Gasteiger partial charge in [-0.15, -0.1) is 0 Å². The molecule has 3 aromatic rings. The Bertz CT molecular complexity index is 1130. The molecule has 154 valence electrons. The van der Waals surface area contributed by atoms with Crippen molar-refractivity contribution in [2.24, 2.45) is 0 Å². The topological polar surface area (TPSA) is 82.9 Å². The molecule has 0 saturated heterocycles. The van der Waals surface area contributed by atoms with Crippen LogP contribution in [0, 0.1) is 0 Å². The van der Waals surface area contributed by atoms with Gasteiger partial charge in [0.1, 0.15) is 0 Å². The van der Waals surface area contributed by atoms with E-state index in [-0.39, 0.29) is 17.5 Å². The number of para-hydroxylation sites is 1. The Morgan fingerprint density at radius 2 is 1.87 bits per heavy atom. The summed E-state index contributed by atoms with van der Waals surface area (Å²) < 4.78 is 2.19. The number of carboxylic acid groups (broad SMARTS) is 1. The summed E-state index contributed by atoms with van der Waals surface area (Å²) in [5, 5.41) is 10.3. The highest BCUT2D eigenvalue weighted by molar-refractivity contribution is 5.89. The quantitative estimate of drug-likeness (QED) is 0.674. The van der Waals surface area contributed by atoms with Gasteiger partial charge in [-0.05, 0) is 29.3 Å². The predicted octanol–water partition coefficient (Wildman–Crippen LogP) is 3.52. The van der Waals surface area contributed by atoms with Gasteiger partial charge in [-0.25, -0.2) is 9.59 Å². The molecule has 1 atom stereocenters. The Hall–Kier alpha value is -3.61. The van der Waals surface area contributed by atoms with E-state index in [0.717, 1.165) is 27.1 Å². The van der Waals surface area contributed by atoms with E-state index in [2.05, 4.69) is 23.6 Å². The van der Waals surface area contributed by atoms with Crippen LogP contribution in [0.15, 0.2) is 48.5 Å². The number of carbonyl (C=O) groups excluding carboxylic acids is 2. The van der Waals surface area contributed by atoms with E-state index in [1.807, 2.05) is 24.3 Å². The third kappa shape index (κ3) is 3.32. The Balaban J connectivity index is 1.78. The van der Waals surface area contributed by atoms with Crippen LogP contribution in [0.2, 0.25) is 0 Å². The highest BCUT2D eigenvalue weighted by atomic mass is 16.4. The summed E-state index contributed by atoms with van der Waals surface area (Å²) >= 11 is 0. The van der Waals surface area contributed by atoms with Crippen molar-refractivity contribution in [3.8, 4) is 0 Å². The maximum atomic E-state index is 12.6. The van der Waals surface area contributed by atoms with Gasteiger partial charge in [-0.1, -0.05) is 37.3 Å². The van der Waals surface area contributed by atoms with Crippen molar-refractivity contribution in [2.75, 3.05) is 13.6 Å². The third-order valence-corrected chi connectivity index (χ3v) is 5.72. The number of imide groups is 1. The highest BCUT2D eigenvalue weighted by Gasteiger charge is 2.32. The first-order valence-electron chi connectivity index (χ1n) is 9.80. The molecule has 2 heterocycles. The molecule has 30 heavy (non-hydrogen) atoms. The third-order valence-electron chi connectivity index (χ3n) is 5.72. The second kappa shape index (κ2) is 7.67. The lowest BCUT2D eigenvalue weighted by Crippen LogP contribution is -2.44. The van der Waals surface area contributed by atoms with Crippen LogP contribution in [-0.2, 0) is 17.9 Å². The van der Waals surface area contributed by atoms with Crippen molar-refractivity contribution in [2.45, 2.75) is 25.9 Å². The van der Waals surface area contributed by atoms with Crippen molar-refractivity contribution >= 4 is 29.3 Å². The van der Waals surface area contributed by atoms with Crippen molar-refractivity contribution in [3.05, 3.63) is 70.9 Å². The lowest BCUT2D eigenvalue weighted by atomic mass is 9.93. The second-order valence-corrected chi connectivity index (χ2v) is 7.75. The van der Waals surface area contributed by atoms with Crippen molar-refractivity contribution in [1.29, 1.82) is 0 Å². The number of carboxylic acids is 1. The Labute approximate surface area is 174 Å². The van der Waals surface area contributed by atoms with E-state index < -0.39 is 5.97 Å². The number of nitrogens with zero attached hydrogens (tertiary/aromatic N) is 3. The minimum atomic E-state index is -0.951. The number of amides is 3. The summed E-state index contributed by atoms with van der Waals surface area (Å²) in [7, 11) is 1.47. The molecule has 7 heteroatoms. The molecule has 0 fully saturated rings. The first-order chi connectivity index (χ1) is 14.4. The fraction of sp³-hybridized carbons (Fsp3) is 0.261. The van der Waals surface area contributed by atoms with Crippen LogP contribution in [0.25, 0.3) is 10.9 Å². The number of aromatic carboxylic acids is 1. The lowest BCUT2D eigenvalue weighted by Gasteiger charge is -2.33. The van der Waals surface area contributed by atoms with Crippen LogP contribution in [0.5, 0.6) is 0 Å². The Morgan fingerprint density at radius 3 is 2.53 bits per heavy atom. The van der Waals surface area contributed by atoms with Gasteiger partial charge in [-0.3, -0.25) is 9.69 Å². The largest absolute Gasteiger partial charge is 0.478 e. The molecule has 0 aliphatic carbocycles. The van der Waals surface area contributed by atoms with E-state index in [1.165, 1.54) is 12.6 Å². The number of hydrogen-bond acceptors (Lipinski definition) is 3. The van der Waals surface area contributed by atoms with Crippen molar-refractivity contribution < 1.29 is 19.5 Å². The maximum Gasteiger partial charge on any atom is 0.335 e. The van der Waals surface area contributed by atoms with Gasteiger partial charge >= 0.3 is 12.0 Å². The number of hydrogen-bond donors (Lipinski definition) is 1. The molecule has 7 nitrogen and oxygen atoms in total. The molecule has 1 N–H and O–H groups in total. The zero-order chi connectivity index (χ0) is 21.4. The molecular formula is C23H23N3O4. The molecule has 0 radical (unpaired) electrons. The highest BCUT2D eigenvalue weighted by Crippen LogP contribution is 2.37. The number of rotatable bonds is 4. The number of fused-ring (bicyclic) bond motifs is 3. The Morgan fingerprint density at radius 1 is 1.17 bits per heavy atom. The average Bonchev–Trinajstić information content (AvgIpc) is 3.07. The molecule has 1 aliphatic heterocycles. The zero-order valence-corrected chi connectivity index (χ0v) is 16.9. The van der Waals surface area contributed by atoms with Gasteiger partial charge in [-0.2, -0.15) is 0 Å². The van der Waals surface area contributed by atoms with Crippen LogP contribution in [0.3, 0.4) is 0 Å². The SMILES string of the molecule is CC1CN(C(=O)N(C)C=O)Cc2c1c1ccccc1n2Cc1ccc(C(=O)O)cc1. The summed E-state index contributed by atoms with van der Waals surface area (Å²) in [6, 6.07) is 14.7. The summed E-state index contributed by atoms with van der Waals surface area (Å²) in [5.74, 6) is -0.828. The molecular weight excluding hydrogens is 382 g/mol. The second-order valence-electron chi connectivity index (χ2n) is 7.75. The van der Waals surface area contributed by atoms with Gasteiger partial charge in [0.25, 0.3) is 0 Å². The maximum absolute atomic E-state index is 12.6. The van der Waals surface area contributed by atoms with Gasteiger partial charge < -0.3 is 14.6 Å². The average molecular weight is 405 g/mol. The molecule has 4 rings (SSSR count). The van der Waals surface area contributed by atoms with Crippen LogP contribution >= 0.6 is 0 Å². The summed E-state index contributed by atoms with van der Waals surface area (Å²) in [5.41, 5.74) is 4.58.